The van der Waals surface area contributed by atoms with Gasteiger partial charge in [0.15, 0.2) is 0 Å². The molecule has 4 aromatic rings. The van der Waals surface area contributed by atoms with E-state index in [0.717, 1.165) is 35.0 Å². The van der Waals surface area contributed by atoms with E-state index in [9.17, 15) is 4.79 Å². The number of rotatable bonds is 2. The molecule has 1 aliphatic rings. The van der Waals surface area contributed by atoms with Crippen LogP contribution in [0.2, 0.25) is 0 Å². The first-order chi connectivity index (χ1) is 13.8. The first-order valence-corrected chi connectivity index (χ1v) is 11.2. The number of hydrogen-bond acceptors (Lipinski definition) is 4. The molecule has 0 saturated carbocycles. The Hall–Kier alpha value is -2.25. The van der Waals surface area contributed by atoms with Gasteiger partial charge in [0.1, 0.15) is 4.83 Å². The normalized spacial score (nSPS) is 17.1. The Morgan fingerprint density at radius 3 is 2.76 bits per heavy atom. The summed E-state index contributed by atoms with van der Waals surface area (Å²) in [6.07, 6.45) is 3.10. The lowest BCUT2D eigenvalue weighted by atomic mass is 9.72. The van der Waals surface area contributed by atoms with Gasteiger partial charge in [-0.2, -0.15) is 0 Å². The highest BCUT2D eigenvalue weighted by atomic mass is 32.1. The van der Waals surface area contributed by atoms with Crippen LogP contribution in [0.1, 0.15) is 43.2 Å². The van der Waals surface area contributed by atoms with Crippen molar-refractivity contribution in [2.45, 2.75) is 46.6 Å². The van der Waals surface area contributed by atoms with Crippen LogP contribution >= 0.6 is 23.6 Å². The number of nitrogens with one attached hydrogen (secondary N) is 1. The summed E-state index contributed by atoms with van der Waals surface area (Å²) in [6.45, 7) is 7.42. The number of aromatic nitrogens is 4. The summed E-state index contributed by atoms with van der Waals surface area (Å²) < 4.78 is 4.24. The van der Waals surface area contributed by atoms with Crippen LogP contribution in [0.3, 0.4) is 0 Å². The lowest BCUT2D eigenvalue weighted by Gasteiger charge is -2.33. The van der Waals surface area contributed by atoms with E-state index in [1.807, 2.05) is 34.7 Å². The van der Waals surface area contributed by atoms with Crippen LogP contribution in [-0.4, -0.2) is 19.2 Å². The minimum absolute atomic E-state index is 0.0389. The van der Waals surface area contributed by atoms with Crippen LogP contribution in [0.25, 0.3) is 16.0 Å². The highest BCUT2D eigenvalue weighted by Gasteiger charge is 2.32. The topological polar surface area (TPSA) is 55.1 Å². The molecule has 5 rings (SSSR count). The fraction of sp³-hybridized carbons (Fsp3) is 0.409. The molecule has 3 heterocycles. The van der Waals surface area contributed by atoms with Gasteiger partial charge >= 0.3 is 0 Å². The quantitative estimate of drug-likeness (QED) is 0.462. The average Bonchev–Trinajstić information content (AvgIpc) is 3.25. The van der Waals surface area contributed by atoms with E-state index in [1.165, 1.54) is 10.4 Å². The molecular weight excluding hydrogens is 400 g/mol. The third-order valence-electron chi connectivity index (χ3n) is 6.21. The molecule has 0 spiro atoms. The predicted octanol–water partition coefficient (Wildman–Crippen LogP) is 4.97. The molecule has 0 radical (unpaired) electrons. The van der Waals surface area contributed by atoms with Gasteiger partial charge in [0, 0.05) is 4.88 Å². The Kier molecular flexibility index (Phi) is 4.29. The van der Waals surface area contributed by atoms with Gasteiger partial charge in [-0.1, -0.05) is 51.1 Å². The van der Waals surface area contributed by atoms with Crippen molar-refractivity contribution in [3.63, 3.8) is 0 Å². The number of hydrogen-bond donors (Lipinski definition) is 1. The highest BCUT2D eigenvalue weighted by Crippen LogP contribution is 2.42. The van der Waals surface area contributed by atoms with Gasteiger partial charge in [-0.05, 0) is 53.9 Å². The minimum Gasteiger partial charge on any atom is -0.272 e. The molecule has 0 bridgehead atoms. The number of nitrogens with zero attached hydrogens (tertiary/aromatic N) is 3. The van der Waals surface area contributed by atoms with Gasteiger partial charge in [0.25, 0.3) is 5.56 Å². The van der Waals surface area contributed by atoms with Gasteiger partial charge in [-0.25, -0.2) is 9.50 Å². The second-order valence-corrected chi connectivity index (χ2v) is 10.5. The highest BCUT2D eigenvalue weighted by molar-refractivity contribution is 7.71. The summed E-state index contributed by atoms with van der Waals surface area (Å²) in [6, 6.07) is 10.0. The van der Waals surface area contributed by atoms with E-state index in [4.69, 9.17) is 12.2 Å². The summed E-state index contributed by atoms with van der Waals surface area (Å²) >= 11 is 7.26. The Morgan fingerprint density at radius 1 is 1.28 bits per heavy atom. The Balaban J connectivity index is 1.77. The van der Waals surface area contributed by atoms with Crippen LogP contribution in [0.4, 0.5) is 0 Å². The molecule has 1 aliphatic carbocycles. The van der Waals surface area contributed by atoms with Crippen molar-refractivity contribution in [3.05, 3.63) is 61.5 Å². The molecule has 0 unspecified atom stereocenters. The Labute approximate surface area is 178 Å². The van der Waals surface area contributed by atoms with Crippen molar-refractivity contribution in [3.8, 4) is 0 Å². The van der Waals surface area contributed by atoms with Crippen LogP contribution in [0.15, 0.2) is 35.1 Å². The molecule has 1 aromatic carbocycles. The van der Waals surface area contributed by atoms with Crippen LogP contribution in [0.5, 0.6) is 0 Å². The van der Waals surface area contributed by atoms with Crippen molar-refractivity contribution in [1.29, 1.82) is 0 Å². The maximum absolute atomic E-state index is 13.6. The Bertz CT molecular complexity index is 1340. The van der Waals surface area contributed by atoms with Crippen molar-refractivity contribution in [2.24, 2.45) is 11.3 Å². The molecule has 1 atom stereocenters. The summed E-state index contributed by atoms with van der Waals surface area (Å²) in [7, 11) is 0. The summed E-state index contributed by atoms with van der Waals surface area (Å²) in [4.78, 5) is 15.9. The van der Waals surface area contributed by atoms with Crippen molar-refractivity contribution in [1.82, 2.24) is 19.2 Å². The number of benzene rings is 1. The smallest absolute Gasteiger partial charge is 0.264 e. The third kappa shape index (κ3) is 2.99. The fourth-order valence-electron chi connectivity index (χ4n) is 4.48. The summed E-state index contributed by atoms with van der Waals surface area (Å²) in [5.74, 6) is 1.21. The van der Waals surface area contributed by atoms with E-state index in [1.54, 1.807) is 15.9 Å². The van der Waals surface area contributed by atoms with E-state index in [-0.39, 0.29) is 11.0 Å². The van der Waals surface area contributed by atoms with E-state index >= 15 is 0 Å². The molecule has 0 amide bonds. The fourth-order valence-corrected chi connectivity index (χ4v) is 6.17. The van der Waals surface area contributed by atoms with Crippen LogP contribution in [-0.2, 0) is 19.4 Å². The van der Waals surface area contributed by atoms with Crippen LogP contribution in [0, 0.1) is 16.1 Å². The lowest BCUT2D eigenvalue weighted by molar-refractivity contribution is 0.218. The van der Waals surface area contributed by atoms with Crippen LogP contribution < -0.4 is 5.56 Å². The first-order valence-electron chi connectivity index (χ1n) is 10.0. The second-order valence-electron chi connectivity index (χ2n) is 9.03. The molecule has 0 saturated heterocycles. The maximum Gasteiger partial charge on any atom is 0.264 e. The molecule has 29 heavy (non-hydrogen) atoms. The molecule has 0 fully saturated rings. The number of aromatic amines is 1. The molecular formula is C22H24N4OS2. The molecule has 3 aromatic heterocycles. The van der Waals surface area contributed by atoms with Gasteiger partial charge in [-0.15, -0.1) is 16.4 Å². The average molecular weight is 425 g/mol. The lowest BCUT2D eigenvalue weighted by Crippen LogP contribution is -2.27. The Morgan fingerprint density at radius 2 is 2.03 bits per heavy atom. The van der Waals surface area contributed by atoms with Gasteiger partial charge in [-0.3, -0.25) is 9.36 Å². The van der Waals surface area contributed by atoms with Gasteiger partial charge in [0.05, 0.1) is 11.9 Å². The van der Waals surface area contributed by atoms with E-state index in [0.29, 0.717) is 23.0 Å². The largest absolute Gasteiger partial charge is 0.272 e. The number of aryl methyl sites for hydroxylation is 1. The number of fused-ring (bicyclic) bond motifs is 5. The molecule has 7 heteroatoms. The van der Waals surface area contributed by atoms with Crippen molar-refractivity contribution < 1.29 is 0 Å². The van der Waals surface area contributed by atoms with Gasteiger partial charge < -0.3 is 0 Å². The molecule has 1 N–H and O–H groups in total. The molecule has 0 aliphatic heterocycles. The third-order valence-corrected chi connectivity index (χ3v) is 7.73. The zero-order valence-corrected chi connectivity index (χ0v) is 18.5. The second kappa shape index (κ2) is 6.64. The van der Waals surface area contributed by atoms with Crippen molar-refractivity contribution >= 4 is 39.5 Å². The summed E-state index contributed by atoms with van der Waals surface area (Å²) in [5, 5.41) is 8.13. The molecule has 150 valence electrons. The zero-order chi connectivity index (χ0) is 20.3. The summed E-state index contributed by atoms with van der Waals surface area (Å²) in [5.41, 5.74) is 2.60. The first kappa shape index (κ1) is 18.8. The van der Waals surface area contributed by atoms with Crippen molar-refractivity contribution in [2.75, 3.05) is 0 Å². The van der Waals surface area contributed by atoms with E-state index < -0.39 is 0 Å². The molecule has 5 nitrogen and oxygen atoms in total. The predicted molar refractivity (Wildman–Crippen MR) is 121 cm³/mol. The zero-order valence-electron chi connectivity index (χ0n) is 16.9. The number of H-pyrrole nitrogens is 1. The monoisotopic (exact) mass is 424 g/mol. The number of thiophene rings is 1. The minimum atomic E-state index is 0.0389. The van der Waals surface area contributed by atoms with Gasteiger partial charge in [0.2, 0.25) is 10.5 Å². The SMILES string of the molecule is CC(C)(C)[C@@H]1CCc2c(sc3c2c(=O)n(Cc2ccccc2)c2n[nH]c(=S)n32)C1. The maximum atomic E-state index is 13.6. The van der Waals surface area contributed by atoms with E-state index in [2.05, 4.69) is 31.0 Å². The standard InChI is InChI=1S/C22H24N4OS2/c1-22(2,3)14-9-10-15-16(11-14)29-19-17(15)18(27)25(12-13-7-5-4-6-8-13)20-23-24-21(28)26(19)20/h4-8,14H,9-12H2,1-3H3,(H,24,28)/t14-/m1/s1.